The van der Waals surface area contributed by atoms with E-state index in [0.29, 0.717) is 54.5 Å². The Morgan fingerprint density at radius 2 is 1.88 bits per heavy atom. The Hall–Kier alpha value is -3.90. The molecule has 216 valence electrons. The number of esters is 1. The first-order valence-corrected chi connectivity index (χ1v) is 14.4. The van der Waals surface area contributed by atoms with Gasteiger partial charge in [-0.3, -0.25) is 14.2 Å². The van der Waals surface area contributed by atoms with Crippen LogP contribution in [0, 0.1) is 6.92 Å². The van der Waals surface area contributed by atoms with Crippen LogP contribution in [-0.2, 0) is 14.3 Å². The Morgan fingerprint density at radius 1 is 1.12 bits per heavy atom. The van der Waals surface area contributed by atoms with Crippen LogP contribution in [0.1, 0.15) is 43.5 Å². The molecule has 2 N–H and O–H groups in total. The van der Waals surface area contributed by atoms with E-state index in [0.717, 1.165) is 5.56 Å². The summed E-state index contributed by atoms with van der Waals surface area (Å²) >= 11 is 4.67. The molecule has 0 aliphatic carbocycles. The second kappa shape index (κ2) is 12.7. The van der Waals surface area contributed by atoms with Crippen molar-refractivity contribution in [1.29, 1.82) is 0 Å². The molecule has 1 aromatic heterocycles. The number of carbonyl (C=O) groups excluding carboxylic acids is 2. The van der Waals surface area contributed by atoms with Gasteiger partial charge in [0.1, 0.15) is 5.75 Å². The van der Waals surface area contributed by atoms with Crippen molar-refractivity contribution in [3.8, 4) is 17.2 Å². The van der Waals surface area contributed by atoms with Gasteiger partial charge in [-0.25, -0.2) is 9.79 Å². The molecule has 0 radical (unpaired) electrons. The Bertz CT molecular complexity index is 1720. The molecule has 1 unspecified atom stereocenters. The first-order chi connectivity index (χ1) is 19.6. The fourth-order valence-corrected chi connectivity index (χ4v) is 6.10. The lowest BCUT2D eigenvalue weighted by molar-refractivity contribution is -0.139. The summed E-state index contributed by atoms with van der Waals surface area (Å²) in [4.78, 5) is 43.4. The molecule has 10 nitrogen and oxygen atoms in total. The van der Waals surface area contributed by atoms with Gasteiger partial charge in [-0.15, -0.1) is 0 Å². The standard InChI is InChI=1S/C29H30BrN3O7S/c1-6-38-21-11-17(10-19(30)26(21)40-14-23(31)34)12-22-27(35)33-25(18-9-8-15(3)20(13-18)37-5)24(28(36)39-7-2)16(4)32-29(33)41-22/h8-13,25H,6-7,14H2,1-5H3,(H2,31,34). The van der Waals surface area contributed by atoms with Crippen LogP contribution in [0.3, 0.4) is 0 Å². The smallest absolute Gasteiger partial charge is 0.338 e. The van der Waals surface area contributed by atoms with Gasteiger partial charge in [-0.1, -0.05) is 23.5 Å². The third kappa shape index (κ3) is 6.23. The highest BCUT2D eigenvalue weighted by molar-refractivity contribution is 9.10. The number of nitrogens with two attached hydrogens (primary N) is 1. The number of amides is 1. The van der Waals surface area contributed by atoms with Crippen molar-refractivity contribution in [2.75, 3.05) is 26.9 Å². The van der Waals surface area contributed by atoms with Gasteiger partial charge in [0.15, 0.2) is 22.9 Å². The number of benzene rings is 2. The number of fused-ring (bicyclic) bond motifs is 1. The number of aromatic nitrogens is 1. The topological polar surface area (TPSA) is 131 Å². The fourth-order valence-electron chi connectivity index (χ4n) is 4.48. The number of methoxy groups -OCH3 is 1. The monoisotopic (exact) mass is 643 g/mol. The minimum Gasteiger partial charge on any atom is -0.496 e. The van der Waals surface area contributed by atoms with Gasteiger partial charge < -0.3 is 24.7 Å². The summed E-state index contributed by atoms with van der Waals surface area (Å²) in [6.45, 7) is 7.41. The van der Waals surface area contributed by atoms with E-state index in [1.807, 2.05) is 32.0 Å². The van der Waals surface area contributed by atoms with E-state index in [1.54, 1.807) is 39.2 Å². The normalized spacial score (nSPS) is 14.8. The number of nitrogens with zero attached hydrogens (tertiary/aromatic N) is 2. The molecule has 0 saturated carbocycles. The second-order valence-corrected chi connectivity index (χ2v) is 10.9. The van der Waals surface area contributed by atoms with Gasteiger partial charge in [-0.2, -0.15) is 0 Å². The minimum absolute atomic E-state index is 0.181. The molecule has 1 aliphatic rings. The van der Waals surface area contributed by atoms with E-state index >= 15 is 0 Å². The van der Waals surface area contributed by atoms with Crippen LogP contribution in [0.4, 0.5) is 0 Å². The third-order valence-corrected chi connectivity index (χ3v) is 7.83. The van der Waals surface area contributed by atoms with Gasteiger partial charge in [0.2, 0.25) is 0 Å². The van der Waals surface area contributed by atoms with Crippen LogP contribution in [0.25, 0.3) is 6.08 Å². The van der Waals surface area contributed by atoms with Crippen LogP contribution >= 0.6 is 27.3 Å². The molecule has 41 heavy (non-hydrogen) atoms. The molecule has 0 spiro atoms. The summed E-state index contributed by atoms with van der Waals surface area (Å²) in [6, 6.07) is 8.27. The summed E-state index contributed by atoms with van der Waals surface area (Å²) in [5.41, 5.74) is 7.92. The molecule has 0 fully saturated rings. The number of ether oxygens (including phenoxy) is 4. The van der Waals surface area contributed by atoms with Crippen molar-refractivity contribution in [2.24, 2.45) is 10.7 Å². The van der Waals surface area contributed by atoms with E-state index in [1.165, 1.54) is 15.9 Å². The summed E-state index contributed by atoms with van der Waals surface area (Å²) in [5.74, 6) is 0.182. The molecule has 0 bridgehead atoms. The molecule has 1 amide bonds. The Labute approximate surface area is 248 Å². The number of carbonyl (C=O) groups is 2. The predicted molar refractivity (Wildman–Crippen MR) is 158 cm³/mol. The molecule has 4 rings (SSSR count). The number of aryl methyl sites for hydroxylation is 1. The zero-order valence-electron chi connectivity index (χ0n) is 23.3. The second-order valence-electron chi connectivity index (χ2n) is 9.05. The van der Waals surface area contributed by atoms with Crippen LogP contribution in [0.2, 0.25) is 0 Å². The van der Waals surface area contributed by atoms with E-state index in [-0.39, 0.29) is 24.3 Å². The first kappa shape index (κ1) is 30.1. The first-order valence-electron chi connectivity index (χ1n) is 12.8. The Morgan fingerprint density at radius 3 is 2.54 bits per heavy atom. The van der Waals surface area contributed by atoms with Gasteiger partial charge >= 0.3 is 5.97 Å². The molecule has 2 aromatic carbocycles. The van der Waals surface area contributed by atoms with Crippen molar-refractivity contribution >= 4 is 45.2 Å². The fraction of sp³-hybridized carbons (Fsp3) is 0.310. The van der Waals surface area contributed by atoms with Crippen LogP contribution in [-0.4, -0.2) is 43.4 Å². The zero-order valence-corrected chi connectivity index (χ0v) is 25.7. The van der Waals surface area contributed by atoms with Gasteiger partial charge in [0.05, 0.1) is 46.6 Å². The largest absolute Gasteiger partial charge is 0.496 e. The van der Waals surface area contributed by atoms with Crippen LogP contribution < -0.4 is 34.8 Å². The average Bonchev–Trinajstić information content (AvgIpc) is 3.21. The Balaban J connectivity index is 1.91. The molecule has 0 saturated heterocycles. The van der Waals surface area contributed by atoms with Crippen molar-refractivity contribution in [3.63, 3.8) is 0 Å². The van der Waals surface area contributed by atoms with Crippen molar-refractivity contribution < 1.29 is 28.5 Å². The molecule has 1 aliphatic heterocycles. The van der Waals surface area contributed by atoms with Gasteiger partial charge in [0.25, 0.3) is 11.5 Å². The predicted octanol–water partition coefficient (Wildman–Crippen LogP) is 3.14. The van der Waals surface area contributed by atoms with Crippen molar-refractivity contribution in [3.05, 3.63) is 82.5 Å². The lowest BCUT2D eigenvalue weighted by Crippen LogP contribution is -2.40. The van der Waals surface area contributed by atoms with Gasteiger partial charge in [0, 0.05) is 0 Å². The van der Waals surface area contributed by atoms with Crippen LogP contribution in [0.15, 0.2) is 55.9 Å². The van der Waals surface area contributed by atoms with Gasteiger partial charge in [-0.05, 0) is 84.6 Å². The highest BCUT2D eigenvalue weighted by Crippen LogP contribution is 2.37. The number of hydrogen-bond donors (Lipinski definition) is 1. The molecule has 2 heterocycles. The highest BCUT2D eigenvalue weighted by Gasteiger charge is 2.33. The SMILES string of the molecule is CCOC(=O)C1=C(C)N=c2sc(=Cc3cc(Br)c(OCC(N)=O)c(OCC)c3)c(=O)n2C1c1ccc(C)c(OC)c1. The maximum Gasteiger partial charge on any atom is 0.338 e. The summed E-state index contributed by atoms with van der Waals surface area (Å²) in [6.07, 6.45) is 1.71. The van der Waals surface area contributed by atoms with Crippen molar-refractivity contribution in [2.45, 2.75) is 33.7 Å². The molecule has 3 aromatic rings. The molecule has 1 atom stereocenters. The van der Waals surface area contributed by atoms with E-state index in [4.69, 9.17) is 24.7 Å². The zero-order chi connectivity index (χ0) is 29.8. The molecule has 12 heteroatoms. The summed E-state index contributed by atoms with van der Waals surface area (Å²) in [7, 11) is 1.57. The van der Waals surface area contributed by atoms with E-state index in [2.05, 4.69) is 20.9 Å². The maximum absolute atomic E-state index is 14.0. The number of hydrogen-bond acceptors (Lipinski definition) is 9. The molecular weight excluding hydrogens is 614 g/mol. The average molecular weight is 645 g/mol. The lowest BCUT2D eigenvalue weighted by Gasteiger charge is -2.25. The number of allylic oxidation sites excluding steroid dienone is 1. The number of thiazole rings is 1. The molecular formula is C29H30BrN3O7S. The minimum atomic E-state index is -0.766. The summed E-state index contributed by atoms with van der Waals surface area (Å²) < 4.78 is 24.6. The van der Waals surface area contributed by atoms with E-state index in [9.17, 15) is 14.4 Å². The third-order valence-electron chi connectivity index (χ3n) is 6.25. The summed E-state index contributed by atoms with van der Waals surface area (Å²) in [5, 5.41) is 0. The maximum atomic E-state index is 14.0. The number of primary amides is 1. The number of halogens is 1. The van der Waals surface area contributed by atoms with E-state index < -0.39 is 17.9 Å². The quantitative estimate of drug-likeness (QED) is 0.336. The highest BCUT2D eigenvalue weighted by atomic mass is 79.9. The lowest BCUT2D eigenvalue weighted by atomic mass is 9.95. The van der Waals surface area contributed by atoms with Crippen molar-refractivity contribution in [1.82, 2.24) is 4.57 Å². The van der Waals surface area contributed by atoms with Crippen LogP contribution in [0.5, 0.6) is 17.2 Å². The number of rotatable bonds is 10. The Kier molecular flexibility index (Phi) is 9.34.